The van der Waals surface area contributed by atoms with Crippen LogP contribution in [0.15, 0.2) is 78.0 Å². The first kappa shape index (κ1) is 19.7. The van der Waals surface area contributed by atoms with Gasteiger partial charge in [-0.1, -0.05) is 42.5 Å². The minimum Gasteiger partial charge on any atom is -0.348 e. The van der Waals surface area contributed by atoms with Gasteiger partial charge in [0.15, 0.2) is 0 Å². The van der Waals surface area contributed by atoms with E-state index in [-0.39, 0.29) is 17.3 Å². The summed E-state index contributed by atoms with van der Waals surface area (Å²) in [6, 6.07) is 17.4. The minimum atomic E-state index is -3.74. The Morgan fingerprint density at radius 1 is 0.964 bits per heavy atom. The van der Waals surface area contributed by atoms with Crippen molar-refractivity contribution in [1.29, 1.82) is 0 Å². The summed E-state index contributed by atoms with van der Waals surface area (Å²) in [5.74, 6) is -0.332. The van der Waals surface area contributed by atoms with Gasteiger partial charge in [-0.2, -0.15) is 0 Å². The molecule has 2 aromatic carbocycles. The van der Waals surface area contributed by atoms with Gasteiger partial charge in [0, 0.05) is 31.0 Å². The highest BCUT2D eigenvalue weighted by Crippen LogP contribution is 2.16. The normalized spacial score (nSPS) is 11.2. The van der Waals surface area contributed by atoms with Crippen LogP contribution in [0.25, 0.3) is 0 Å². The van der Waals surface area contributed by atoms with Crippen LogP contribution < -0.4 is 10.0 Å². The number of carbonyl (C=O) groups excluding carboxylic acids is 1. The predicted molar refractivity (Wildman–Crippen MR) is 107 cm³/mol. The van der Waals surface area contributed by atoms with Crippen molar-refractivity contribution < 1.29 is 13.2 Å². The van der Waals surface area contributed by atoms with Crippen LogP contribution in [0.2, 0.25) is 0 Å². The molecule has 0 saturated heterocycles. The third-order valence-corrected chi connectivity index (χ3v) is 5.65. The Kier molecular flexibility index (Phi) is 6.18. The van der Waals surface area contributed by atoms with E-state index in [0.29, 0.717) is 17.7 Å². The van der Waals surface area contributed by atoms with Crippen molar-refractivity contribution in [2.24, 2.45) is 0 Å². The molecule has 144 valence electrons. The summed E-state index contributed by atoms with van der Waals surface area (Å²) in [5, 5.41) is 2.80. The number of benzene rings is 2. The van der Waals surface area contributed by atoms with E-state index in [9.17, 15) is 13.2 Å². The predicted octanol–water partition coefficient (Wildman–Crippen LogP) is 2.80. The average molecular weight is 395 g/mol. The van der Waals surface area contributed by atoms with Gasteiger partial charge in [0.1, 0.15) is 0 Å². The molecule has 3 rings (SSSR count). The maximum atomic E-state index is 12.6. The molecule has 6 nitrogen and oxygen atoms in total. The van der Waals surface area contributed by atoms with Crippen LogP contribution >= 0.6 is 0 Å². The Morgan fingerprint density at radius 2 is 1.71 bits per heavy atom. The summed E-state index contributed by atoms with van der Waals surface area (Å²) in [6.07, 6.45) is 3.33. The standard InChI is InChI=1S/C21H21N3O3S/c1-16-9-10-19(28(26,27)24-15-17-6-3-2-4-7-17)12-20(16)21(25)23-14-18-8-5-11-22-13-18/h2-13,24H,14-15H2,1H3,(H,23,25). The lowest BCUT2D eigenvalue weighted by Gasteiger charge is -2.11. The fourth-order valence-electron chi connectivity index (χ4n) is 2.65. The second kappa shape index (κ2) is 8.77. The lowest BCUT2D eigenvalue weighted by molar-refractivity contribution is 0.0950. The monoisotopic (exact) mass is 395 g/mol. The highest BCUT2D eigenvalue weighted by atomic mass is 32.2. The van der Waals surface area contributed by atoms with Crippen molar-refractivity contribution in [3.05, 3.63) is 95.3 Å². The van der Waals surface area contributed by atoms with Crippen LogP contribution in [0.3, 0.4) is 0 Å². The molecule has 0 spiro atoms. The molecular formula is C21H21N3O3S. The Bertz CT molecular complexity index is 1050. The maximum absolute atomic E-state index is 12.6. The minimum absolute atomic E-state index is 0.0561. The lowest BCUT2D eigenvalue weighted by atomic mass is 10.1. The largest absolute Gasteiger partial charge is 0.348 e. The molecule has 7 heteroatoms. The van der Waals surface area contributed by atoms with Crippen molar-refractivity contribution in [3.63, 3.8) is 0 Å². The molecule has 3 aromatic rings. The number of nitrogens with zero attached hydrogens (tertiary/aromatic N) is 1. The molecule has 0 aliphatic carbocycles. The molecule has 1 aromatic heterocycles. The number of aromatic nitrogens is 1. The number of pyridine rings is 1. The Morgan fingerprint density at radius 3 is 2.43 bits per heavy atom. The van der Waals surface area contributed by atoms with E-state index < -0.39 is 10.0 Å². The smallest absolute Gasteiger partial charge is 0.251 e. The Labute approximate surface area is 164 Å². The summed E-state index contributed by atoms with van der Waals surface area (Å²) in [7, 11) is -3.74. The van der Waals surface area contributed by atoms with Crippen LogP contribution in [0.4, 0.5) is 0 Å². The second-order valence-corrected chi connectivity index (χ2v) is 8.10. The van der Waals surface area contributed by atoms with E-state index in [1.54, 1.807) is 31.5 Å². The molecule has 0 fully saturated rings. The third kappa shape index (κ3) is 5.03. The average Bonchev–Trinajstić information content (AvgIpc) is 2.72. The third-order valence-electron chi connectivity index (χ3n) is 4.25. The first-order valence-corrected chi connectivity index (χ1v) is 10.3. The molecule has 0 atom stereocenters. The first-order chi connectivity index (χ1) is 13.5. The van der Waals surface area contributed by atoms with Gasteiger partial charge in [0.25, 0.3) is 5.91 Å². The molecular weight excluding hydrogens is 374 g/mol. The molecule has 0 unspecified atom stereocenters. The van der Waals surface area contributed by atoms with Gasteiger partial charge in [0.05, 0.1) is 4.90 Å². The number of rotatable bonds is 7. The zero-order chi connectivity index (χ0) is 20.0. The number of amides is 1. The van der Waals surface area contributed by atoms with Gasteiger partial charge in [-0.3, -0.25) is 9.78 Å². The highest BCUT2D eigenvalue weighted by Gasteiger charge is 2.18. The Hall–Kier alpha value is -3.03. The molecule has 1 amide bonds. The van der Waals surface area contributed by atoms with Crippen LogP contribution in [-0.2, 0) is 23.1 Å². The topological polar surface area (TPSA) is 88.2 Å². The van der Waals surface area contributed by atoms with Crippen molar-refractivity contribution in [1.82, 2.24) is 15.0 Å². The SMILES string of the molecule is Cc1ccc(S(=O)(=O)NCc2ccccc2)cc1C(=O)NCc1cccnc1. The summed E-state index contributed by atoms with van der Waals surface area (Å²) >= 11 is 0. The van der Waals surface area contributed by atoms with Crippen molar-refractivity contribution in [3.8, 4) is 0 Å². The second-order valence-electron chi connectivity index (χ2n) is 6.33. The van der Waals surface area contributed by atoms with Gasteiger partial charge >= 0.3 is 0 Å². The molecule has 0 aliphatic heterocycles. The van der Waals surface area contributed by atoms with Gasteiger partial charge in [-0.15, -0.1) is 0 Å². The molecule has 0 aliphatic rings. The maximum Gasteiger partial charge on any atom is 0.251 e. The van der Waals surface area contributed by atoms with E-state index in [1.807, 2.05) is 36.4 Å². The van der Waals surface area contributed by atoms with Gasteiger partial charge in [-0.05, 0) is 41.8 Å². The van der Waals surface area contributed by atoms with Crippen LogP contribution in [0.1, 0.15) is 27.0 Å². The van der Waals surface area contributed by atoms with E-state index in [2.05, 4.69) is 15.0 Å². The van der Waals surface area contributed by atoms with Crippen molar-refractivity contribution >= 4 is 15.9 Å². The number of nitrogens with one attached hydrogen (secondary N) is 2. The first-order valence-electron chi connectivity index (χ1n) is 8.77. The van der Waals surface area contributed by atoms with Gasteiger partial charge in [0.2, 0.25) is 10.0 Å². The van der Waals surface area contributed by atoms with E-state index in [4.69, 9.17) is 0 Å². The summed E-state index contributed by atoms with van der Waals surface area (Å²) in [6.45, 7) is 2.27. The number of hydrogen-bond donors (Lipinski definition) is 2. The van der Waals surface area contributed by atoms with Crippen LogP contribution in [0.5, 0.6) is 0 Å². The van der Waals surface area contributed by atoms with E-state index >= 15 is 0 Å². The highest BCUT2D eigenvalue weighted by molar-refractivity contribution is 7.89. The fourth-order valence-corrected chi connectivity index (χ4v) is 3.69. The number of sulfonamides is 1. The molecule has 0 bridgehead atoms. The molecule has 28 heavy (non-hydrogen) atoms. The number of carbonyl (C=O) groups is 1. The number of hydrogen-bond acceptors (Lipinski definition) is 4. The van der Waals surface area contributed by atoms with Crippen molar-refractivity contribution in [2.75, 3.05) is 0 Å². The van der Waals surface area contributed by atoms with Gasteiger partial charge < -0.3 is 5.32 Å². The number of aryl methyl sites for hydroxylation is 1. The molecule has 0 radical (unpaired) electrons. The van der Waals surface area contributed by atoms with Crippen LogP contribution in [-0.4, -0.2) is 19.3 Å². The summed E-state index contributed by atoms with van der Waals surface area (Å²) in [5.41, 5.74) is 2.74. The van der Waals surface area contributed by atoms with Gasteiger partial charge in [-0.25, -0.2) is 13.1 Å². The Balaban J connectivity index is 1.73. The fraction of sp³-hybridized carbons (Fsp3) is 0.143. The molecule has 1 heterocycles. The zero-order valence-electron chi connectivity index (χ0n) is 15.4. The quantitative estimate of drug-likeness (QED) is 0.644. The zero-order valence-corrected chi connectivity index (χ0v) is 16.2. The van der Waals surface area contributed by atoms with E-state index in [0.717, 1.165) is 11.1 Å². The molecule has 2 N–H and O–H groups in total. The summed E-state index contributed by atoms with van der Waals surface area (Å²) < 4.78 is 27.8. The van der Waals surface area contributed by atoms with E-state index in [1.165, 1.54) is 12.1 Å². The summed E-state index contributed by atoms with van der Waals surface area (Å²) in [4.78, 5) is 16.6. The van der Waals surface area contributed by atoms with Crippen LogP contribution in [0, 0.1) is 6.92 Å². The lowest BCUT2D eigenvalue weighted by Crippen LogP contribution is -2.26. The van der Waals surface area contributed by atoms with Crippen molar-refractivity contribution in [2.45, 2.75) is 24.9 Å². The molecule has 0 saturated carbocycles.